The number of aliphatic hydroxyl groups is 3. The van der Waals surface area contributed by atoms with E-state index in [1.807, 2.05) is 0 Å². The van der Waals surface area contributed by atoms with Crippen LogP contribution in [0.5, 0.6) is 0 Å². The first-order valence-electron chi connectivity index (χ1n) is 5.37. The third-order valence-corrected chi connectivity index (χ3v) is 3.02. The molecule has 2 aliphatic heterocycles. The van der Waals surface area contributed by atoms with Gasteiger partial charge in [0.1, 0.15) is 12.3 Å². The molecule has 10 nitrogen and oxygen atoms in total. The first kappa shape index (κ1) is 13.7. The van der Waals surface area contributed by atoms with Crippen molar-refractivity contribution in [3.05, 3.63) is 0 Å². The minimum Gasteiger partial charge on any atom is -0.477 e. The predicted octanol–water partition coefficient (Wildman–Crippen LogP) is -3.22. The van der Waals surface area contributed by atoms with Crippen LogP contribution in [0, 0.1) is 0 Å². The molecule has 0 radical (unpaired) electrons. The summed E-state index contributed by atoms with van der Waals surface area (Å²) in [4.78, 5) is 34.5. The smallest absolute Gasteiger partial charge is 0.367 e. The second kappa shape index (κ2) is 4.42. The quantitative estimate of drug-likeness (QED) is 0.266. The number of hydrogen-bond donors (Lipinski definition) is 5. The fraction of sp³-hybridized carbons (Fsp3) is 0.667. The molecule has 0 aromatic rings. The number of aliphatic carboxylic acids is 1. The van der Waals surface area contributed by atoms with Gasteiger partial charge in [-0.3, -0.25) is 10.1 Å². The van der Waals surface area contributed by atoms with E-state index < -0.39 is 48.7 Å². The van der Waals surface area contributed by atoms with Gasteiger partial charge in [-0.1, -0.05) is 0 Å². The van der Waals surface area contributed by atoms with Crippen molar-refractivity contribution in [3.8, 4) is 0 Å². The van der Waals surface area contributed by atoms with Crippen molar-refractivity contribution >= 4 is 17.9 Å². The molecule has 0 spiro atoms. The lowest BCUT2D eigenvalue weighted by Gasteiger charge is -2.21. The van der Waals surface area contributed by atoms with Gasteiger partial charge in [-0.2, -0.15) is 0 Å². The summed E-state index contributed by atoms with van der Waals surface area (Å²) in [7, 11) is 0. The number of carbonyl (C=O) groups excluding carboxylic acids is 2. The lowest BCUT2D eigenvalue weighted by Crippen LogP contribution is -2.54. The Morgan fingerprint density at radius 1 is 1.53 bits per heavy atom. The van der Waals surface area contributed by atoms with E-state index in [4.69, 9.17) is 14.9 Å². The Morgan fingerprint density at radius 3 is 2.58 bits per heavy atom. The number of imide groups is 1. The third-order valence-electron chi connectivity index (χ3n) is 3.02. The maximum atomic E-state index is 11.8. The second-order valence-corrected chi connectivity index (χ2v) is 4.24. The molecule has 5 N–H and O–H groups in total. The summed E-state index contributed by atoms with van der Waals surface area (Å²) in [5.41, 5.74) is -3.04. The SMILES string of the molecule is O=C1NC(O)(C(=O)O)C(=O)N1[C@H]1C[C@H](O)[C@@H](CO)O1. The highest BCUT2D eigenvalue weighted by atomic mass is 16.5. The fourth-order valence-electron chi connectivity index (χ4n) is 1.98. The molecule has 106 valence electrons. The van der Waals surface area contributed by atoms with E-state index in [-0.39, 0.29) is 6.42 Å². The van der Waals surface area contributed by atoms with E-state index in [2.05, 4.69) is 0 Å². The number of aliphatic hydroxyl groups excluding tert-OH is 2. The van der Waals surface area contributed by atoms with Crippen molar-refractivity contribution in [2.75, 3.05) is 6.61 Å². The molecule has 4 atom stereocenters. The molecule has 0 aromatic heterocycles. The number of amides is 3. The van der Waals surface area contributed by atoms with Crippen LogP contribution in [-0.4, -0.2) is 74.0 Å². The maximum Gasteiger partial charge on any atom is 0.367 e. The van der Waals surface area contributed by atoms with Crippen molar-refractivity contribution < 1.29 is 39.5 Å². The molecule has 2 heterocycles. The Labute approximate surface area is 106 Å². The van der Waals surface area contributed by atoms with Gasteiger partial charge in [-0.25, -0.2) is 14.5 Å². The van der Waals surface area contributed by atoms with Crippen LogP contribution in [-0.2, 0) is 14.3 Å². The van der Waals surface area contributed by atoms with Crippen LogP contribution in [0.4, 0.5) is 4.79 Å². The average Bonchev–Trinajstić information content (AvgIpc) is 2.79. The molecule has 2 aliphatic rings. The molecule has 3 amide bonds. The van der Waals surface area contributed by atoms with E-state index in [1.165, 1.54) is 0 Å². The topological polar surface area (TPSA) is 157 Å². The molecule has 0 aromatic carbocycles. The Morgan fingerprint density at radius 2 is 2.16 bits per heavy atom. The van der Waals surface area contributed by atoms with Gasteiger partial charge in [0.15, 0.2) is 0 Å². The molecule has 0 saturated carbocycles. The van der Waals surface area contributed by atoms with Gasteiger partial charge in [0.25, 0.3) is 5.91 Å². The van der Waals surface area contributed by atoms with Crippen LogP contribution in [0.25, 0.3) is 0 Å². The van der Waals surface area contributed by atoms with Gasteiger partial charge in [-0.05, 0) is 0 Å². The first-order chi connectivity index (χ1) is 8.81. The number of nitrogens with zero attached hydrogens (tertiary/aromatic N) is 1. The van der Waals surface area contributed by atoms with Crippen molar-refractivity contribution in [1.29, 1.82) is 0 Å². The van der Waals surface area contributed by atoms with E-state index in [9.17, 15) is 24.6 Å². The third kappa shape index (κ3) is 1.94. The Balaban J connectivity index is 2.21. The second-order valence-electron chi connectivity index (χ2n) is 4.24. The molecule has 0 bridgehead atoms. The summed E-state index contributed by atoms with van der Waals surface area (Å²) >= 11 is 0. The standard InChI is InChI=1S/C9H12N2O8/c12-2-4-3(13)1-5(19-4)11-6(14)9(18,7(15)16)10-8(11)17/h3-5,12-13,18H,1-2H2,(H,10,17)(H,15,16)/t3-,4+,5+,9?/m0/s1. The van der Waals surface area contributed by atoms with E-state index in [1.54, 1.807) is 5.32 Å². The molecular weight excluding hydrogens is 264 g/mol. The molecule has 1 unspecified atom stereocenters. The zero-order valence-electron chi connectivity index (χ0n) is 9.52. The van der Waals surface area contributed by atoms with Crippen LogP contribution in [0.1, 0.15) is 6.42 Å². The summed E-state index contributed by atoms with van der Waals surface area (Å²) in [6.45, 7) is -0.523. The van der Waals surface area contributed by atoms with E-state index in [0.717, 1.165) is 0 Å². The summed E-state index contributed by atoms with van der Waals surface area (Å²) < 4.78 is 5.06. The first-order valence-corrected chi connectivity index (χ1v) is 5.37. The van der Waals surface area contributed by atoms with Gasteiger partial charge in [0, 0.05) is 6.42 Å². The molecule has 19 heavy (non-hydrogen) atoms. The number of nitrogens with one attached hydrogen (secondary N) is 1. The van der Waals surface area contributed by atoms with Crippen LogP contribution < -0.4 is 5.32 Å². The molecule has 2 rings (SSSR count). The molecule has 2 saturated heterocycles. The van der Waals surface area contributed by atoms with Crippen molar-refractivity contribution in [2.45, 2.75) is 30.6 Å². The minimum absolute atomic E-state index is 0.180. The number of urea groups is 1. The molecule has 0 aliphatic carbocycles. The van der Waals surface area contributed by atoms with Crippen LogP contribution in [0.15, 0.2) is 0 Å². The predicted molar refractivity (Wildman–Crippen MR) is 54.3 cm³/mol. The lowest BCUT2D eigenvalue weighted by atomic mass is 10.1. The number of rotatable bonds is 3. The van der Waals surface area contributed by atoms with Crippen LogP contribution in [0.2, 0.25) is 0 Å². The molecule has 10 heteroatoms. The summed E-state index contributed by atoms with van der Waals surface area (Å²) in [5.74, 6) is -3.33. The van der Waals surface area contributed by atoms with Gasteiger partial charge < -0.3 is 25.2 Å². The Hall–Kier alpha value is -1.75. The number of carboxylic acids is 1. The Kier molecular flexibility index (Phi) is 3.18. The average molecular weight is 276 g/mol. The summed E-state index contributed by atoms with van der Waals surface area (Å²) in [6, 6.07) is -1.15. The number of carboxylic acid groups (broad SMARTS) is 1. The highest BCUT2D eigenvalue weighted by molar-refractivity contribution is 6.16. The largest absolute Gasteiger partial charge is 0.477 e. The fourth-order valence-corrected chi connectivity index (χ4v) is 1.98. The van der Waals surface area contributed by atoms with Gasteiger partial charge >= 0.3 is 17.7 Å². The monoisotopic (exact) mass is 276 g/mol. The zero-order valence-corrected chi connectivity index (χ0v) is 9.52. The highest BCUT2D eigenvalue weighted by Crippen LogP contribution is 2.28. The van der Waals surface area contributed by atoms with Crippen LogP contribution in [0.3, 0.4) is 0 Å². The normalized spacial score (nSPS) is 38.7. The molecular formula is C9H12N2O8. The number of ether oxygens (including phenoxy) is 1. The lowest BCUT2D eigenvalue weighted by molar-refractivity contribution is -0.171. The summed E-state index contributed by atoms with van der Waals surface area (Å²) in [6.07, 6.45) is -3.51. The maximum absolute atomic E-state index is 11.8. The zero-order chi connectivity index (χ0) is 14.4. The van der Waals surface area contributed by atoms with E-state index in [0.29, 0.717) is 4.90 Å². The van der Waals surface area contributed by atoms with Gasteiger partial charge in [-0.15, -0.1) is 0 Å². The van der Waals surface area contributed by atoms with Crippen molar-refractivity contribution in [2.24, 2.45) is 0 Å². The van der Waals surface area contributed by atoms with Crippen molar-refractivity contribution in [3.63, 3.8) is 0 Å². The Bertz CT molecular complexity index is 440. The van der Waals surface area contributed by atoms with E-state index >= 15 is 0 Å². The minimum atomic E-state index is -3.04. The summed E-state index contributed by atoms with van der Waals surface area (Å²) in [5, 5.41) is 38.3. The highest BCUT2D eigenvalue weighted by Gasteiger charge is 2.59. The molecule has 2 fully saturated rings. The number of carbonyl (C=O) groups is 3. The van der Waals surface area contributed by atoms with Crippen LogP contribution >= 0.6 is 0 Å². The van der Waals surface area contributed by atoms with Gasteiger partial charge in [0.2, 0.25) is 0 Å². The van der Waals surface area contributed by atoms with Crippen molar-refractivity contribution in [1.82, 2.24) is 10.2 Å². The number of hydrogen-bond acceptors (Lipinski definition) is 7. The van der Waals surface area contributed by atoms with Gasteiger partial charge in [0.05, 0.1) is 12.7 Å².